The van der Waals surface area contributed by atoms with Gasteiger partial charge in [0.2, 0.25) is 22.7 Å². The molecule has 11 heteroatoms. The van der Waals surface area contributed by atoms with Crippen LogP contribution in [0.25, 0.3) is 11.3 Å². The summed E-state index contributed by atoms with van der Waals surface area (Å²) in [5, 5.41) is 21.5. The van der Waals surface area contributed by atoms with Gasteiger partial charge in [-0.25, -0.2) is 13.4 Å². The third-order valence-electron chi connectivity index (χ3n) is 6.64. The summed E-state index contributed by atoms with van der Waals surface area (Å²) in [4.78, 5) is 17.8. The molecule has 1 atom stereocenters. The summed E-state index contributed by atoms with van der Waals surface area (Å²) in [6.45, 7) is -0.585. The molecule has 1 aromatic heterocycles. The smallest absolute Gasteiger partial charge is 0.242 e. The fourth-order valence-electron chi connectivity index (χ4n) is 4.30. The van der Waals surface area contributed by atoms with Crippen LogP contribution in [0.2, 0.25) is 0 Å². The molecule has 1 unspecified atom stereocenters. The fourth-order valence-corrected chi connectivity index (χ4v) is 5.51. The topological polar surface area (TPSA) is 138 Å². The number of nitrogens with one attached hydrogen (secondary N) is 1. The number of amides is 1. The Morgan fingerprint density at radius 2 is 1.86 bits per heavy atom. The molecule has 2 aliphatic rings. The van der Waals surface area contributed by atoms with E-state index in [9.17, 15) is 18.3 Å². The first-order valence-corrected chi connectivity index (χ1v) is 13.2. The molecule has 0 spiro atoms. The quantitative estimate of drug-likeness (QED) is 0.383. The molecule has 3 aromatic rings. The number of sulfonamides is 1. The van der Waals surface area contributed by atoms with E-state index in [1.807, 2.05) is 18.2 Å². The van der Waals surface area contributed by atoms with Gasteiger partial charge in [0.05, 0.1) is 28.7 Å². The van der Waals surface area contributed by atoms with Crippen LogP contribution in [-0.2, 0) is 20.2 Å². The number of carbonyl (C=O) groups excluding carboxylic acids is 1. The van der Waals surface area contributed by atoms with Gasteiger partial charge in [-0.05, 0) is 54.8 Å². The number of nitrogens with zero attached hydrogens (tertiary/aromatic N) is 2. The van der Waals surface area contributed by atoms with E-state index < -0.39 is 28.1 Å². The molecule has 3 N–H and O–H groups in total. The lowest BCUT2D eigenvalue weighted by Crippen LogP contribution is -2.35. The van der Waals surface area contributed by atoms with Crippen LogP contribution in [0.5, 0.6) is 11.5 Å². The zero-order valence-electron chi connectivity index (χ0n) is 20.1. The number of likely N-dealkylation sites (N-methyl/N-ethyl adjacent to an activating group) is 1. The molecule has 2 heterocycles. The van der Waals surface area contributed by atoms with Crippen molar-refractivity contribution in [2.75, 3.05) is 32.3 Å². The Bertz CT molecular complexity index is 1440. The van der Waals surface area contributed by atoms with E-state index >= 15 is 0 Å². The van der Waals surface area contributed by atoms with Crippen molar-refractivity contribution in [2.45, 2.75) is 29.3 Å². The van der Waals surface area contributed by atoms with E-state index in [0.29, 0.717) is 28.6 Å². The molecule has 37 heavy (non-hydrogen) atoms. The number of rotatable bonds is 9. The maximum absolute atomic E-state index is 13.2. The molecule has 0 saturated heterocycles. The van der Waals surface area contributed by atoms with Crippen LogP contribution in [0.3, 0.4) is 0 Å². The molecule has 1 saturated carbocycles. The molecular weight excluding hydrogens is 498 g/mol. The Morgan fingerprint density at radius 1 is 1.14 bits per heavy atom. The van der Waals surface area contributed by atoms with Crippen LogP contribution in [0.4, 0.5) is 5.82 Å². The van der Waals surface area contributed by atoms with E-state index in [0.717, 1.165) is 22.7 Å². The Morgan fingerprint density at radius 3 is 2.57 bits per heavy atom. The summed E-state index contributed by atoms with van der Waals surface area (Å²) in [7, 11) is -2.50. The van der Waals surface area contributed by atoms with E-state index in [1.165, 1.54) is 19.2 Å². The van der Waals surface area contributed by atoms with Crippen molar-refractivity contribution in [1.29, 1.82) is 0 Å². The summed E-state index contributed by atoms with van der Waals surface area (Å²) in [6.07, 6.45) is 0.275. The summed E-state index contributed by atoms with van der Waals surface area (Å²) < 4.78 is 37.3. The SMILES string of the molecule is CN(CC(O)CO)S(=O)(=O)c1ccc(-c2cccc(NC(=O)C3(c4ccc5c(c4)OCO5)CC3)n2)cc1.[HH].[HH].[HH]. The summed E-state index contributed by atoms with van der Waals surface area (Å²) in [6, 6.07) is 17.0. The largest absolute Gasteiger partial charge is 0.454 e. The number of pyridine rings is 1. The molecule has 1 aliphatic heterocycles. The van der Waals surface area contributed by atoms with Crippen LogP contribution in [0.1, 0.15) is 22.7 Å². The highest BCUT2D eigenvalue weighted by Gasteiger charge is 2.51. The molecular formula is C26H33N3O7S. The summed E-state index contributed by atoms with van der Waals surface area (Å²) in [5.74, 6) is 1.55. The van der Waals surface area contributed by atoms with Crippen LogP contribution in [0.15, 0.2) is 65.6 Å². The van der Waals surface area contributed by atoms with Crippen molar-refractivity contribution in [3.8, 4) is 22.8 Å². The van der Waals surface area contributed by atoms with Gasteiger partial charge in [-0.2, -0.15) is 4.31 Å². The van der Waals surface area contributed by atoms with E-state index in [1.54, 1.807) is 30.3 Å². The van der Waals surface area contributed by atoms with Gasteiger partial charge in [0.25, 0.3) is 0 Å². The van der Waals surface area contributed by atoms with Gasteiger partial charge in [-0.15, -0.1) is 0 Å². The number of fused-ring (bicyclic) bond motifs is 1. The van der Waals surface area contributed by atoms with Crippen molar-refractivity contribution in [1.82, 2.24) is 9.29 Å². The van der Waals surface area contributed by atoms with E-state index in [-0.39, 0.29) is 28.4 Å². The first-order valence-electron chi connectivity index (χ1n) is 11.8. The average molecular weight is 532 g/mol. The van der Waals surface area contributed by atoms with Crippen molar-refractivity contribution < 1.29 is 37.2 Å². The normalized spacial score (nSPS) is 16.4. The molecule has 1 aliphatic carbocycles. The first kappa shape index (κ1) is 25.2. The van der Waals surface area contributed by atoms with Crippen molar-refractivity contribution >= 4 is 21.7 Å². The highest BCUT2D eigenvalue weighted by molar-refractivity contribution is 7.89. The lowest BCUT2D eigenvalue weighted by atomic mass is 9.94. The van der Waals surface area contributed by atoms with Gasteiger partial charge in [0, 0.05) is 23.4 Å². The lowest BCUT2D eigenvalue weighted by Gasteiger charge is -2.19. The Kier molecular flexibility index (Phi) is 6.63. The van der Waals surface area contributed by atoms with Gasteiger partial charge < -0.3 is 25.0 Å². The summed E-state index contributed by atoms with van der Waals surface area (Å²) >= 11 is 0. The average Bonchev–Trinajstić information content (AvgIpc) is 3.59. The Hall–Kier alpha value is -3.51. The van der Waals surface area contributed by atoms with E-state index in [2.05, 4.69) is 10.3 Å². The number of anilines is 1. The molecule has 1 fully saturated rings. The minimum Gasteiger partial charge on any atom is -0.454 e. The zero-order chi connectivity index (χ0) is 26.2. The molecule has 10 nitrogen and oxygen atoms in total. The second kappa shape index (κ2) is 9.75. The second-order valence-electron chi connectivity index (χ2n) is 9.16. The number of ether oxygens (including phenoxy) is 2. The molecule has 2 aromatic carbocycles. The van der Waals surface area contributed by atoms with Crippen LogP contribution >= 0.6 is 0 Å². The second-order valence-corrected chi connectivity index (χ2v) is 11.2. The number of benzene rings is 2. The predicted octanol–water partition coefficient (Wildman–Crippen LogP) is 2.86. The maximum atomic E-state index is 13.2. The maximum Gasteiger partial charge on any atom is 0.242 e. The number of hydrogen-bond acceptors (Lipinski definition) is 8. The number of aliphatic hydroxyl groups is 2. The number of carbonyl (C=O) groups is 1. The summed E-state index contributed by atoms with van der Waals surface area (Å²) in [5.41, 5.74) is 1.48. The predicted molar refractivity (Wildman–Crippen MR) is 141 cm³/mol. The molecule has 200 valence electrons. The lowest BCUT2D eigenvalue weighted by molar-refractivity contribution is -0.118. The molecule has 0 radical (unpaired) electrons. The monoisotopic (exact) mass is 531 g/mol. The van der Waals surface area contributed by atoms with Crippen molar-refractivity contribution in [2.24, 2.45) is 0 Å². The molecule has 1 amide bonds. The minimum atomic E-state index is -3.84. The van der Waals surface area contributed by atoms with Gasteiger partial charge in [-0.3, -0.25) is 4.79 Å². The van der Waals surface area contributed by atoms with Crippen molar-refractivity contribution in [3.05, 3.63) is 66.2 Å². The third kappa shape index (κ3) is 4.90. The highest BCUT2D eigenvalue weighted by atomic mass is 32.2. The molecule has 0 bridgehead atoms. The number of aliphatic hydroxyl groups excluding tert-OH is 2. The van der Waals surface area contributed by atoms with Crippen LogP contribution < -0.4 is 14.8 Å². The highest BCUT2D eigenvalue weighted by Crippen LogP contribution is 2.51. The molecule has 5 rings (SSSR count). The van der Waals surface area contributed by atoms with Crippen LogP contribution in [-0.4, -0.2) is 66.9 Å². The minimum absolute atomic E-state index is 0. The Balaban J connectivity index is 0.00000187. The fraction of sp³-hybridized carbons (Fsp3) is 0.308. The standard InChI is InChI=1S/C26H27N3O7S.3H2/c1-29(14-19(31)15-30)37(33,34)20-8-5-17(6-9-20)21-3-2-4-24(27-21)28-25(32)26(11-12-26)18-7-10-22-23(13-18)36-16-35-22;;;/h2-10,13,19,30-31H,11-12,14-16H2,1H3,(H,27,28,32);3*1H. The first-order chi connectivity index (χ1) is 17.7. The third-order valence-corrected chi connectivity index (χ3v) is 8.47. The zero-order valence-corrected chi connectivity index (χ0v) is 20.9. The van der Waals surface area contributed by atoms with Gasteiger partial charge >= 0.3 is 0 Å². The van der Waals surface area contributed by atoms with Gasteiger partial charge in [-0.1, -0.05) is 24.3 Å². The number of hydrogen-bond donors (Lipinski definition) is 3. The van der Waals surface area contributed by atoms with Gasteiger partial charge in [0.15, 0.2) is 11.5 Å². The Labute approximate surface area is 219 Å². The number of aromatic nitrogens is 1. The van der Waals surface area contributed by atoms with Gasteiger partial charge in [0.1, 0.15) is 5.82 Å². The van der Waals surface area contributed by atoms with Crippen molar-refractivity contribution in [3.63, 3.8) is 0 Å². The van der Waals surface area contributed by atoms with Crippen LogP contribution in [0, 0.1) is 0 Å². The van der Waals surface area contributed by atoms with E-state index in [4.69, 9.17) is 14.6 Å².